The van der Waals surface area contributed by atoms with Crippen molar-refractivity contribution in [3.63, 3.8) is 0 Å². The van der Waals surface area contributed by atoms with E-state index in [-0.39, 0.29) is 6.04 Å². The number of benzene rings is 1. The lowest BCUT2D eigenvalue weighted by Crippen LogP contribution is -2.10. The molecule has 0 aliphatic heterocycles. The standard InChI is InChI=1S/C12H14BrClN4/c1-2-3-11(15)12-7-18(17-16-12)8-4-5-9(13)10(14)6-8/h4-7,11H,2-3,15H2,1H3. The lowest BCUT2D eigenvalue weighted by atomic mass is 10.1. The Balaban J connectivity index is 2.26. The highest BCUT2D eigenvalue weighted by Crippen LogP contribution is 2.25. The summed E-state index contributed by atoms with van der Waals surface area (Å²) in [5.41, 5.74) is 7.67. The van der Waals surface area contributed by atoms with Crippen molar-refractivity contribution >= 4 is 27.5 Å². The van der Waals surface area contributed by atoms with E-state index in [2.05, 4.69) is 33.2 Å². The van der Waals surface area contributed by atoms with Gasteiger partial charge >= 0.3 is 0 Å². The van der Waals surface area contributed by atoms with Gasteiger partial charge in [0.25, 0.3) is 0 Å². The van der Waals surface area contributed by atoms with Crippen molar-refractivity contribution in [1.82, 2.24) is 15.0 Å². The third-order valence-electron chi connectivity index (χ3n) is 2.66. The van der Waals surface area contributed by atoms with Crippen LogP contribution in [0.15, 0.2) is 28.9 Å². The van der Waals surface area contributed by atoms with E-state index in [4.69, 9.17) is 17.3 Å². The summed E-state index contributed by atoms with van der Waals surface area (Å²) in [6.07, 6.45) is 3.78. The maximum Gasteiger partial charge on any atom is 0.0998 e. The number of hydrogen-bond donors (Lipinski definition) is 1. The Bertz CT molecular complexity index is 541. The van der Waals surface area contributed by atoms with E-state index in [0.29, 0.717) is 5.02 Å². The first-order valence-electron chi connectivity index (χ1n) is 5.75. The lowest BCUT2D eigenvalue weighted by molar-refractivity contribution is 0.619. The topological polar surface area (TPSA) is 56.7 Å². The first kappa shape index (κ1) is 13.5. The minimum Gasteiger partial charge on any atom is -0.323 e. The number of aromatic nitrogens is 3. The summed E-state index contributed by atoms with van der Waals surface area (Å²) in [4.78, 5) is 0. The predicted molar refractivity (Wildman–Crippen MR) is 75.9 cm³/mol. The van der Waals surface area contributed by atoms with Gasteiger partial charge in [-0.1, -0.05) is 30.2 Å². The van der Waals surface area contributed by atoms with Crippen LogP contribution in [0.3, 0.4) is 0 Å². The molecule has 4 nitrogen and oxygen atoms in total. The van der Waals surface area contributed by atoms with E-state index in [9.17, 15) is 0 Å². The highest BCUT2D eigenvalue weighted by Gasteiger charge is 2.10. The van der Waals surface area contributed by atoms with Crippen LogP contribution in [0.1, 0.15) is 31.5 Å². The molecule has 0 radical (unpaired) electrons. The highest BCUT2D eigenvalue weighted by molar-refractivity contribution is 9.10. The fourth-order valence-electron chi connectivity index (χ4n) is 1.66. The molecule has 0 fully saturated rings. The smallest absolute Gasteiger partial charge is 0.0998 e. The molecule has 96 valence electrons. The van der Waals surface area contributed by atoms with Gasteiger partial charge in [-0.15, -0.1) is 5.10 Å². The van der Waals surface area contributed by atoms with Crippen molar-refractivity contribution in [3.8, 4) is 5.69 Å². The molecule has 0 aliphatic carbocycles. The second-order valence-corrected chi connectivity index (χ2v) is 5.34. The minimum absolute atomic E-state index is 0.0605. The molecule has 1 heterocycles. The monoisotopic (exact) mass is 328 g/mol. The van der Waals surface area contributed by atoms with Crippen molar-refractivity contribution < 1.29 is 0 Å². The van der Waals surface area contributed by atoms with Crippen LogP contribution in [0.5, 0.6) is 0 Å². The zero-order chi connectivity index (χ0) is 13.1. The van der Waals surface area contributed by atoms with Crippen LogP contribution in [-0.4, -0.2) is 15.0 Å². The van der Waals surface area contributed by atoms with Crippen LogP contribution in [0.25, 0.3) is 5.69 Å². The van der Waals surface area contributed by atoms with Crippen LogP contribution in [0, 0.1) is 0 Å². The van der Waals surface area contributed by atoms with Crippen molar-refractivity contribution in [3.05, 3.63) is 39.6 Å². The fraction of sp³-hybridized carbons (Fsp3) is 0.333. The normalized spacial score (nSPS) is 12.7. The van der Waals surface area contributed by atoms with E-state index in [1.165, 1.54) is 0 Å². The molecular formula is C12H14BrClN4. The molecule has 1 unspecified atom stereocenters. The van der Waals surface area contributed by atoms with Crippen molar-refractivity contribution in [2.24, 2.45) is 5.73 Å². The van der Waals surface area contributed by atoms with Crippen LogP contribution >= 0.6 is 27.5 Å². The molecule has 0 amide bonds. The molecule has 2 aromatic rings. The maximum absolute atomic E-state index is 6.05. The zero-order valence-corrected chi connectivity index (χ0v) is 12.3. The Hall–Kier alpha value is -0.910. The van der Waals surface area contributed by atoms with E-state index in [1.54, 1.807) is 4.68 Å². The Morgan fingerprint density at radius 2 is 2.28 bits per heavy atom. The molecule has 18 heavy (non-hydrogen) atoms. The van der Waals surface area contributed by atoms with Gasteiger partial charge in [0, 0.05) is 4.47 Å². The van der Waals surface area contributed by atoms with Crippen LogP contribution in [0.2, 0.25) is 5.02 Å². The second kappa shape index (κ2) is 5.82. The SMILES string of the molecule is CCCC(N)c1cn(-c2ccc(Br)c(Cl)c2)nn1. The van der Waals surface area contributed by atoms with E-state index < -0.39 is 0 Å². The average molecular weight is 330 g/mol. The van der Waals surface area contributed by atoms with E-state index in [1.807, 2.05) is 24.4 Å². The third-order valence-corrected chi connectivity index (χ3v) is 3.89. The van der Waals surface area contributed by atoms with Gasteiger partial charge in [0.05, 0.1) is 28.6 Å². The largest absolute Gasteiger partial charge is 0.323 e. The number of nitrogens with two attached hydrogens (primary N) is 1. The second-order valence-electron chi connectivity index (χ2n) is 4.08. The Kier molecular flexibility index (Phi) is 4.37. The van der Waals surface area contributed by atoms with Gasteiger partial charge in [0.2, 0.25) is 0 Å². The molecule has 1 aromatic carbocycles. The molecular weight excluding hydrogens is 316 g/mol. The summed E-state index contributed by atoms with van der Waals surface area (Å²) >= 11 is 9.40. The van der Waals surface area contributed by atoms with Gasteiger partial charge in [-0.05, 0) is 40.5 Å². The predicted octanol–water partition coefficient (Wildman–Crippen LogP) is 3.48. The van der Waals surface area contributed by atoms with Gasteiger partial charge in [0.15, 0.2) is 0 Å². The van der Waals surface area contributed by atoms with Crippen LogP contribution < -0.4 is 5.73 Å². The van der Waals surface area contributed by atoms with Gasteiger partial charge in [-0.2, -0.15) is 0 Å². The van der Waals surface area contributed by atoms with E-state index >= 15 is 0 Å². The Labute approximate surface area is 119 Å². The molecule has 6 heteroatoms. The van der Waals surface area contributed by atoms with Crippen LogP contribution in [-0.2, 0) is 0 Å². The van der Waals surface area contributed by atoms with Crippen molar-refractivity contribution in [1.29, 1.82) is 0 Å². The Morgan fingerprint density at radius 1 is 1.50 bits per heavy atom. The van der Waals surface area contributed by atoms with Gasteiger partial charge in [0.1, 0.15) is 0 Å². The molecule has 0 aliphatic rings. The highest BCUT2D eigenvalue weighted by atomic mass is 79.9. The quantitative estimate of drug-likeness (QED) is 0.934. The zero-order valence-electron chi connectivity index (χ0n) is 9.98. The lowest BCUT2D eigenvalue weighted by Gasteiger charge is -2.05. The maximum atomic E-state index is 6.05. The number of nitrogens with zero attached hydrogens (tertiary/aromatic N) is 3. The summed E-state index contributed by atoms with van der Waals surface area (Å²) in [6.45, 7) is 2.10. The number of hydrogen-bond acceptors (Lipinski definition) is 3. The van der Waals surface area contributed by atoms with Gasteiger partial charge in [-0.25, -0.2) is 4.68 Å². The number of halogens is 2. The third kappa shape index (κ3) is 2.91. The van der Waals surface area contributed by atoms with Gasteiger partial charge in [-0.3, -0.25) is 0 Å². The molecule has 1 atom stereocenters. The molecule has 2 N–H and O–H groups in total. The molecule has 2 rings (SSSR count). The summed E-state index contributed by atoms with van der Waals surface area (Å²) in [6, 6.07) is 5.56. The minimum atomic E-state index is -0.0605. The first-order valence-corrected chi connectivity index (χ1v) is 6.92. The van der Waals surface area contributed by atoms with Crippen molar-refractivity contribution in [2.45, 2.75) is 25.8 Å². The summed E-state index contributed by atoms with van der Waals surface area (Å²) < 4.78 is 2.54. The van der Waals surface area contributed by atoms with Gasteiger partial charge < -0.3 is 5.73 Å². The number of rotatable bonds is 4. The first-order chi connectivity index (χ1) is 8.61. The fourth-order valence-corrected chi connectivity index (χ4v) is 2.08. The summed E-state index contributed by atoms with van der Waals surface area (Å²) in [5.74, 6) is 0. The molecule has 0 saturated carbocycles. The summed E-state index contributed by atoms with van der Waals surface area (Å²) in [5, 5.41) is 8.81. The van der Waals surface area contributed by atoms with Crippen molar-refractivity contribution in [2.75, 3.05) is 0 Å². The summed E-state index contributed by atoms with van der Waals surface area (Å²) in [7, 11) is 0. The van der Waals surface area contributed by atoms with E-state index in [0.717, 1.165) is 28.7 Å². The molecule has 0 saturated heterocycles. The van der Waals surface area contributed by atoms with Crippen LogP contribution in [0.4, 0.5) is 0 Å². The molecule has 1 aromatic heterocycles. The molecule has 0 bridgehead atoms. The molecule has 0 spiro atoms. The average Bonchev–Trinajstić information content (AvgIpc) is 2.82. The Morgan fingerprint density at radius 3 is 2.94 bits per heavy atom.